The lowest BCUT2D eigenvalue weighted by Crippen LogP contribution is -1.83. The quantitative estimate of drug-likeness (QED) is 0.746. The zero-order valence-electron chi connectivity index (χ0n) is 10.4. The monoisotopic (exact) mass is 282 g/mol. The Kier molecular flexibility index (Phi) is 3.26. The summed E-state index contributed by atoms with van der Waals surface area (Å²) in [7, 11) is 0. The van der Waals surface area contributed by atoms with Crippen LogP contribution < -0.4 is 0 Å². The lowest BCUT2D eigenvalue weighted by Gasteiger charge is -1.96. The number of hydrogen-bond acceptors (Lipinski definition) is 4. The molecule has 0 aliphatic rings. The number of aldehydes is 2. The number of benzene rings is 1. The van der Waals surface area contributed by atoms with Gasteiger partial charge in [0.25, 0.3) is 0 Å². The maximum atomic E-state index is 11.2. The Labute approximate surface area is 119 Å². The Morgan fingerprint density at radius 3 is 2.45 bits per heavy atom. The van der Waals surface area contributed by atoms with E-state index in [0.717, 1.165) is 23.8 Å². The molecular weight excluding hydrogens is 272 g/mol. The molecule has 0 radical (unpaired) electrons. The predicted molar refractivity (Wildman–Crippen MR) is 78.1 cm³/mol. The van der Waals surface area contributed by atoms with Gasteiger partial charge in [-0.25, -0.2) is 4.98 Å². The van der Waals surface area contributed by atoms with E-state index in [-0.39, 0.29) is 0 Å². The zero-order chi connectivity index (χ0) is 13.9. The van der Waals surface area contributed by atoms with E-state index in [1.807, 2.05) is 30.3 Å². The number of H-pyrrole nitrogens is 1. The number of rotatable bonds is 4. The van der Waals surface area contributed by atoms with Gasteiger partial charge < -0.3 is 4.98 Å². The molecule has 0 bridgehead atoms. The largest absolute Gasteiger partial charge is 0.350 e. The molecule has 20 heavy (non-hydrogen) atoms. The fourth-order valence-electron chi connectivity index (χ4n) is 1.94. The summed E-state index contributed by atoms with van der Waals surface area (Å²) in [6, 6.07) is 13.0. The molecular formula is C15H10N2O2S. The van der Waals surface area contributed by atoms with Crippen LogP contribution in [-0.2, 0) is 0 Å². The molecule has 3 rings (SSSR count). The number of hydrogen-bond donors (Lipinski definition) is 1. The van der Waals surface area contributed by atoms with E-state index in [9.17, 15) is 9.59 Å². The SMILES string of the molecule is O=Cc1ccc(-c2nc(-c3ccccc3)c(C=O)s2)[nH]1. The van der Waals surface area contributed by atoms with Crippen molar-refractivity contribution in [1.29, 1.82) is 0 Å². The van der Waals surface area contributed by atoms with Crippen LogP contribution in [0.5, 0.6) is 0 Å². The predicted octanol–water partition coefficient (Wildman–Crippen LogP) is 3.43. The molecule has 1 N–H and O–H groups in total. The zero-order valence-corrected chi connectivity index (χ0v) is 11.2. The topological polar surface area (TPSA) is 62.8 Å². The number of carbonyl (C=O) groups is 2. The fraction of sp³-hybridized carbons (Fsp3) is 0. The first-order valence-electron chi connectivity index (χ1n) is 5.98. The first-order valence-corrected chi connectivity index (χ1v) is 6.79. The minimum atomic E-state index is 0.490. The highest BCUT2D eigenvalue weighted by molar-refractivity contribution is 7.17. The first-order chi connectivity index (χ1) is 9.81. The van der Waals surface area contributed by atoms with Crippen LogP contribution in [0.1, 0.15) is 20.2 Å². The van der Waals surface area contributed by atoms with Crippen molar-refractivity contribution in [3.8, 4) is 22.0 Å². The molecule has 0 saturated carbocycles. The fourth-order valence-corrected chi connectivity index (χ4v) is 2.82. The second-order valence-corrected chi connectivity index (χ2v) is 5.19. The molecule has 0 amide bonds. The third-order valence-corrected chi connectivity index (χ3v) is 3.89. The van der Waals surface area contributed by atoms with E-state index in [2.05, 4.69) is 9.97 Å². The molecule has 0 unspecified atom stereocenters. The van der Waals surface area contributed by atoms with Crippen molar-refractivity contribution >= 4 is 23.9 Å². The molecule has 0 aliphatic heterocycles. The Hall–Kier alpha value is -2.53. The summed E-state index contributed by atoms with van der Waals surface area (Å²) in [6.07, 6.45) is 1.56. The van der Waals surface area contributed by atoms with Gasteiger partial charge in [0, 0.05) is 5.56 Å². The van der Waals surface area contributed by atoms with Crippen LogP contribution in [0.25, 0.3) is 22.0 Å². The summed E-state index contributed by atoms with van der Waals surface area (Å²) in [4.78, 5) is 30.0. The molecule has 5 heteroatoms. The van der Waals surface area contributed by atoms with Gasteiger partial charge in [-0.3, -0.25) is 9.59 Å². The van der Waals surface area contributed by atoms with Gasteiger partial charge in [0.05, 0.1) is 22.0 Å². The van der Waals surface area contributed by atoms with Crippen LogP contribution in [0.3, 0.4) is 0 Å². The molecule has 1 aromatic carbocycles. The van der Waals surface area contributed by atoms with Crippen molar-refractivity contribution in [3.05, 3.63) is 53.0 Å². The molecule has 0 saturated heterocycles. The van der Waals surface area contributed by atoms with Gasteiger partial charge in [-0.05, 0) is 12.1 Å². The van der Waals surface area contributed by atoms with Gasteiger partial charge in [0.1, 0.15) is 5.01 Å². The second-order valence-electron chi connectivity index (χ2n) is 4.16. The average Bonchev–Trinajstić information content (AvgIpc) is 3.14. The van der Waals surface area contributed by atoms with Gasteiger partial charge in [-0.2, -0.15) is 0 Å². The van der Waals surface area contributed by atoms with E-state index in [4.69, 9.17) is 0 Å². The Balaban J connectivity index is 2.09. The third-order valence-electron chi connectivity index (χ3n) is 2.87. The minimum Gasteiger partial charge on any atom is -0.350 e. The molecule has 0 fully saturated rings. The summed E-state index contributed by atoms with van der Waals surface area (Å²) in [6.45, 7) is 0. The molecule has 3 aromatic rings. The average molecular weight is 282 g/mol. The van der Waals surface area contributed by atoms with Crippen molar-refractivity contribution in [1.82, 2.24) is 9.97 Å². The maximum Gasteiger partial charge on any atom is 0.166 e. The highest BCUT2D eigenvalue weighted by atomic mass is 32.1. The van der Waals surface area contributed by atoms with E-state index >= 15 is 0 Å². The maximum absolute atomic E-state index is 11.2. The molecule has 0 spiro atoms. The molecule has 0 aliphatic carbocycles. The smallest absolute Gasteiger partial charge is 0.166 e. The summed E-state index contributed by atoms with van der Waals surface area (Å²) in [5.74, 6) is 0. The number of carbonyl (C=O) groups excluding carboxylic acids is 2. The molecule has 98 valence electrons. The van der Waals surface area contributed by atoms with Crippen molar-refractivity contribution in [2.45, 2.75) is 0 Å². The number of aromatic amines is 1. The lowest BCUT2D eigenvalue weighted by molar-refractivity contribution is 0.111. The molecule has 2 aromatic heterocycles. The normalized spacial score (nSPS) is 10.4. The molecule has 4 nitrogen and oxygen atoms in total. The summed E-state index contributed by atoms with van der Waals surface area (Å²) in [5.41, 5.74) is 2.80. The Morgan fingerprint density at radius 1 is 1.00 bits per heavy atom. The van der Waals surface area contributed by atoms with Gasteiger partial charge in [0.2, 0.25) is 0 Å². The van der Waals surface area contributed by atoms with Gasteiger partial charge in [-0.1, -0.05) is 30.3 Å². The van der Waals surface area contributed by atoms with Crippen LogP contribution in [-0.4, -0.2) is 22.5 Å². The van der Waals surface area contributed by atoms with Gasteiger partial charge in [-0.15, -0.1) is 11.3 Å². The summed E-state index contributed by atoms with van der Waals surface area (Å²) in [5, 5.41) is 0.694. The van der Waals surface area contributed by atoms with Crippen LogP contribution >= 0.6 is 11.3 Å². The third kappa shape index (κ3) is 2.19. The Bertz CT molecular complexity index is 759. The highest BCUT2D eigenvalue weighted by Crippen LogP contribution is 2.32. The standard InChI is InChI=1S/C15H10N2O2S/c18-8-11-6-7-12(16-11)15-17-14(13(9-19)20-15)10-4-2-1-3-5-10/h1-9,16H. The van der Waals surface area contributed by atoms with E-state index in [1.165, 1.54) is 11.3 Å². The van der Waals surface area contributed by atoms with Crippen LogP contribution in [0.4, 0.5) is 0 Å². The number of thiazole rings is 1. The molecule has 0 atom stereocenters. The number of nitrogens with one attached hydrogen (secondary N) is 1. The number of aromatic nitrogens is 2. The first kappa shape index (κ1) is 12.5. The molecule has 2 heterocycles. The summed E-state index contributed by atoms with van der Waals surface area (Å²) < 4.78 is 0. The van der Waals surface area contributed by atoms with Gasteiger partial charge >= 0.3 is 0 Å². The van der Waals surface area contributed by atoms with E-state index < -0.39 is 0 Å². The van der Waals surface area contributed by atoms with Crippen molar-refractivity contribution in [3.63, 3.8) is 0 Å². The lowest BCUT2D eigenvalue weighted by atomic mass is 10.1. The van der Waals surface area contributed by atoms with Crippen molar-refractivity contribution in [2.75, 3.05) is 0 Å². The van der Waals surface area contributed by atoms with E-state index in [0.29, 0.717) is 21.3 Å². The van der Waals surface area contributed by atoms with Crippen LogP contribution in [0, 0.1) is 0 Å². The second kappa shape index (κ2) is 5.22. The van der Waals surface area contributed by atoms with Crippen LogP contribution in [0.15, 0.2) is 42.5 Å². The highest BCUT2D eigenvalue weighted by Gasteiger charge is 2.14. The number of nitrogens with zero attached hydrogens (tertiary/aromatic N) is 1. The van der Waals surface area contributed by atoms with Crippen molar-refractivity contribution in [2.24, 2.45) is 0 Å². The van der Waals surface area contributed by atoms with E-state index in [1.54, 1.807) is 12.1 Å². The minimum absolute atomic E-state index is 0.490. The summed E-state index contributed by atoms with van der Waals surface area (Å²) >= 11 is 1.30. The van der Waals surface area contributed by atoms with Crippen molar-refractivity contribution < 1.29 is 9.59 Å². The van der Waals surface area contributed by atoms with Crippen LogP contribution in [0.2, 0.25) is 0 Å². The van der Waals surface area contributed by atoms with Gasteiger partial charge in [0.15, 0.2) is 12.6 Å². The Morgan fingerprint density at radius 2 is 1.80 bits per heavy atom.